The molecule has 0 radical (unpaired) electrons. The van der Waals surface area contributed by atoms with Gasteiger partial charge in [0.25, 0.3) is 5.91 Å². The number of rotatable bonds is 4. The molecular formula is C19H16F2N2O4. The third-order valence-corrected chi connectivity index (χ3v) is 4.72. The van der Waals surface area contributed by atoms with Crippen molar-refractivity contribution < 1.29 is 27.8 Å². The Kier molecular flexibility index (Phi) is 4.18. The Morgan fingerprint density at radius 2 is 2.00 bits per heavy atom. The molecule has 2 heterocycles. The molecule has 6 nitrogen and oxygen atoms in total. The third kappa shape index (κ3) is 2.97. The molecule has 0 aromatic heterocycles. The molecule has 0 bridgehead atoms. The second-order valence-electron chi connectivity index (χ2n) is 6.35. The fourth-order valence-corrected chi connectivity index (χ4v) is 3.52. The summed E-state index contributed by atoms with van der Waals surface area (Å²) in [7, 11) is 0. The zero-order valence-corrected chi connectivity index (χ0v) is 14.2. The Hall–Kier alpha value is -3.16. The maximum Gasteiger partial charge on any atom is 0.387 e. The van der Waals surface area contributed by atoms with Gasteiger partial charge in [0.2, 0.25) is 0 Å². The van der Waals surface area contributed by atoms with Crippen LogP contribution in [0.4, 0.5) is 13.6 Å². The SMILES string of the molecule is O=C1NC2(CCOc3ccccc32)C(=O)N1Cc1cccc(OC(F)F)c1. The number of para-hydroxylation sites is 1. The van der Waals surface area contributed by atoms with Crippen molar-refractivity contribution in [2.24, 2.45) is 0 Å². The number of carbonyl (C=O) groups excluding carboxylic acids is 2. The minimum absolute atomic E-state index is 0.0271. The van der Waals surface area contributed by atoms with E-state index in [0.29, 0.717) is 29.9 Å². The number of nitrogens with zero attached hydrogens (tertiary/aromatic N) is 1. The van der Waals surface area contributed by atoms with E-state index in [1.165, 1.54) is 18.2 Å². The molecule has 1 spiro atoms. The van der Waals surface area contributed by atoms with Crippen molar-refractivity contribution in [3.8, 4) is 11.5 Å². The minimum Gasteiger partial charge on any atom is -0.493 e. The largest absolute Gasteiger partial charge is 0.493 e. The maximum absolute atomic E-state index is 13.2. The van der Waals surface area contributed by atoms with Crippen molar-refractivity contribution in [2.45, 2.75) is 25.1 Å². The Balaban J connectivity index is 1.62. The summed E-state index contributed by atoms with van der Waals surface area (Å²) in [6, 6.07) is 12.5. The van der Waals surface area contributed by atoms with Crippen LogP contribution >= 0.6 is 0 Å². The molecule has 1 unspecified atom stereocenters. The van der Waals surface area contributed by atoms with Crippen LogP contribution in [0.1, 0.15) is 17.5 Å². The summed E-state index contributed by atoms with van der Waals surface area (Å²) in [6.45, 7) is -2.69. The van der Waals surface area contributed by atoms with Crippen LogP contribution in [-0.4, -0.2) is 30.1 Å². The van der Waals surface area contributed by atoms with Gasteiger partial charge in [0.15, 0.2) is 5.54 Å². The van der Waals surface area contributed by atoms with Gasteiger partial charge in [-0.1, -0.05) is 30.3 Å². The lowest BCUT2D eigenvalue weighted by Crippen LogP contribution is -2.47. The predicted molar refractivity (Wildman–Crippen MR) is 90.4 cm³/mol. The van der Waals surface area contributed by atoms with Gasteiger partial charge in [-0.15, -0.1) is 0 Å². The first-order valence-corrected chi connectivity index (χ1v) is 8.40. The van der Waals surface area contributed by atoms with Crippen LogP contribution in [0.25, 0.3) is 0 Å². The number of benzene rings is 2. The third-order valence-electron chi connectivity index (χ3n) is 4.72. The molecule has 1 fully saturated rings. The number of amides is 3. The van der Waals surface area contributed by atoms with Gasteiger partial charge in [-0.25, -0.2) is 4.79 Å². The van der Waals surface area contributed by atoms with Crippen LogP contribution in [0.5, 0.6) is 11.5 Å². The Bertz CT molecular complexity index is 905. The number of hydrogen-bond donors (Lipinski definition) is 1. The van der Waals surface area contributed by atoms with E-state index >= 15 is 0 Å². The summed E-state index contributed by atoms with van der Waals surface area (Å²) in [6.07, 6.45) is 0.319. The standard InChI is InChI=1S/C19H16F2N2O4/c20-17(21)27-13-5-3-4-12(10-13)11-23-16(24)19(22-18(23)25)8-9-26-15-7-2-1-6-14(15)19/h1-7,10,17H,8-9,11H2,(H,22,25). The number of alkyl halides is 2. The highest BCUT2D eigenvalue weighted by atomic mass is 19.3. The van der Waals surface area contributed by atoms with Gasteiger partial charge in [-0.3, -0.25) is 9.69 Å². The maximum atomic E-state index is 13.2. The number of imide groups is 1. The van der Waals surface area contributed by atoms with E-state index in [2.05, 4.69) is 10.1 Å². The summed E-state index contributed by atoms with van der Waals surface area (Å²) in [5, 5.41) is 2.80. The minimum atomic E-state index is -2.95. The second kappa shape index (κ2) is 6.53. The van der Waals surface area contributed by atoms with Crippen molar-refractivity contribution in [2.75, 3.05) is 6.61 Å². The van der Waals surface area contributed by atoms with Crippen molar-refractivity contribution >= 4 is 11.9 Å². The highest BCUT2D eigenvalue weighted by Crippen LogP contribution is 2.41. The Morgan fingerprint density at radius 1 is 1.19 bits per heavy atom. The lowest BCUT2D eigenvalue weighted by Gasteiger charge is -2.33. The zero-order chi connectivity index (χ0) is 19.0. The topological polar surface area (TPSA) is 67.9 Å². The van der Waals surface area contributed by atoms with E-state index in [1.54, 1.807) is 30.3 Å². The molecule has 3 amide bonds. The molecule has 1 N–H and O–H groups in total. The van der Waals surface area contributed by atoms with Crippen molar-refractivity contribution in [1.82, 2.24) is 10.2 Å². The number of nitrogens with one attached hydrogen (secondary N) is 1. The van der Waals surface area contributed by atoms with Crippen LogP contribution in [0.2, 0.25) is 0 Å². The van der Waals surface area contributed by atoms with E-state index in [1.807, 2.05) is 0 Å². The fraction of sp³-hybridized carbons (Fsp3) is 0.263. The van der Waals surface area contributed by atoms with Gasteiger partial charge in [0, 0.05) is 12.0 Å². The van der Waals surface area contributed by atoms with Gasteiger partial charge in [0.1, 0.15) is 11.5 Å². The molecule has 1 saturated heterocycles. The highest BCUT2D eigenvalue weighted by Gasteiger charge is 2.54. The second-order valence-corrected chi connectivity index (χ2v) is 6.35. The lowest BCUT2D eigenvalue weighted by molar-refractivity contribution is -0.133. The van der Waals surface area contributed by atoms with E-state index in [0.717, 1.165) is 4.90 Å². The molecule has 4 rings (SSSR count). The molecule has 27 heavy (non-hydrogen) atoms. The number of hydrogen-bond acceptors (Lipinski definition) is 4. The highest BCUT2D eigenvalue weighted by molar-refractivity contribution is 6.07. The smallest absolute Gasteiger partial charge is 0.387 e. The normalized spacial score (nSPS) is 21.2. The molecule has 1 atom stereocenters. The summed E-state index contributed by atoms with van der Waals surface area (Å²) >= 11 is 0. The predicted octanol–water partition coefficient (Wildman–Crippen LogP) is 3.02. The van der Waals surface area contributed by atoms with E-state index < -0.39 is 18.2 Å². The average molecular weight is 374 g/mol. The summed E-state index contributed by atoms with van der Waals surface area (Å²) in [5.41, 5.74) is -0.0378. The fourth-order valence-electron chi connectivity index (χ4n) is 3.52. The van der Waals surface area contributed by atoms with Crippen LogP contribution in [0, 0.1) is 0 Å². The molecule has 8 heteroatoms. The average Bonchev–Trinajstić information content (AvgIpc) is 2.87. The number of ether oxygens (including phenoxy) is 2. The molecule has 140 valence electrons. The molecule has 2 aliphatic rings. The van der Waals surface area contributed by atoms with Crippen molar-refractivity contribution in [3.05, 3.63) is 59.7 Å². The first-order valence-electron chi connectivity index (χ1n) is 8.40. The van der Waals surface area contributed by atoms with Crippen molar-refractivity contribution in [1.29, 1.82) is 0 Å². The number of halogens is 2. The Morgan fingerprint density at radius 3 is 2.81 bits per heavy atom. The summed E-state index contributed by atoms with van der Waals surface area (Å²) in [4.78, 5) is 26.8. The lowest BCUT2D eigenvalue weighted by atomic mass is 9.84. The number of carbonyl (C=O) groups is 2. The molecule has 2 aromatic rings. The monoisotopic (exact) mass is 374 g/mol. The van der Waals surface area contributed by atoms with E-state index in [9.17, 15) is 18.4 Å². The van der Waals surface area contributed by atoms with Gasteiger partial charge in [-0.2, -0.15) is 8.78 Å². The molecule has 2 aromatic carbocycles. The van der Waals surface area contributed by atoms with Gasteiger partial charge >= 0.3 is 12.6 Å². The summed E-state index contributed by atoms with van der Waals surface area (Å²) < 4.78 is 34.8. The van der Waals surface area contributed by atoms with Crippen LogP contribution in [0.15, 0.2) is 48.5 Å². The quantitative estimate of drug-likeness (QED) is 0.836. The van der Waals surface area contributed by atoms with E-state index in [4.69, 9.17) is 4.74 Å². The molecular weight excluding hydrogens is 358 g/mol. The van der Waals surface area contributed by atoms with Crippen LogP contribution in [-0.2, 0) is 16.9 Å². The van der Waals surface area contributed by atoms with Crippen LogP contribution < -0.4 is 14.8 Å². The molecule has 0 saturated carbocycles. The zero-order valence-electron chi connectivity index (χ0n) is 14.2. The summed E-state index contributed by atoms with van der Waals surface area (Å²) in [5.74, 6) is 0.149. The van der Waals surface area contributed by atoms with Crippen LogP contribution in [0.3, 0.4) is 0 Å². The van der Waals surface area contributed by atoms with Crippen molar-refractivity contribution in [3.63, 3.8) is 0 Å². The van der Waals surface area contributed by atoms with Gasteiger partial charge < -0.3 is 14.8 Å². The number of urea groups is 1. The van der Waals surface area contributed by atoms with E-state index in [-0.39, 0.29) is 18.2 Å². The molecule has 0 aliphatic carbocycles. The first-order chi connectivity index (χ1) is 13.0. The molecule has 2 aliphatic heterocycles. The van der Waals surface area contributed by atoms with Gasteiger partial charge in [-0.05, 0) is 23.8 Å². The first kappa shape index (κ1) is 17.3. The number of fused-ring (bicyclic) bond motifs is 2. The van der Waals surface area contributed by atoms with Gasteiger partial charge in [0.05, 0.1) is 13.2 Å². The Labute approximate surface area is 153 Å².